The minimum atomic E-state index is -0.897. The standard InChI is InChI=1S/C22H17F2NO7.C20H18F2N2O4.C20H15F2NO6.C4H6O3/c1-11(26)30-10-19-17-5-4-15(32-16-7-13(23)6-14(24)8-16)9-18(17)21(31-12(2)27)20(25-19)22(28)29-3;1-24(2)10-17-15-5-4-13(28-14-7-11(21)6-12(22)8-14)9-16(15)19(25)18(23-17)20(26)27-3;1-10(24)28-9-17-15-4-3-13(29-14-6-11(21)5-12(22)7-14)8-16(15)19(25)18(23-17)20(26)27-2;1-3(5)7-4(2)6/h4-9H,10H2,1-3H3;4-9,25H,10H2,1-3H3;3-8,25H,9H2,1-2H3;1-2H3. The van der Waals surface area contributed by atoms with Gasteiger partial charge in [-0.2, -0.15) is 0 Å². The second-order valence-corrected chi connectivity index (χ2v) is 19.9. The van der Waals surface area contributed by atoms with E-state index in [1.807, 2.05) is 19.0 Å². The Labute approximate surface area is 540 Å². The van der Waals surface area contributed by atoms with Gasteiger partial charge in [0.05, 0.1) is 38.4 Å². The van der Waals surface area contributed by atoms with Crippen molar-refractivity contribution in [3.63, 3.8) is 0 Å². The highest BCUT2D eigenvalue weighted by Crippen LogP contribution is 2.39. The Kier molecular flexibility index (Phi) is 25.2. The number of rotatable bonds is 16. The fraction of sp³-hybridized carbons (Fsp3) is 0.197. The van der Waals surface area contributed by atoms with Gasteiger partial charge in [0.2, 0.25) is 0 Å². The van der Waals surface area contributed by atoms with Crippen LogP contribution in [0, 0.1) is 34.9 Å². The molecule has 0 unspecified atom stereocenters. The number of hydrogen-bond donors (Lipinski definition) is 2. The van der Waals surface area contributed by atoms with E-state index >= 15 is 0 Å². The van der Waals surface area contributed by atoms with E-state index in [1.165, 1.54) is 77.3 Å². The number of methoxy groups -OCH3 is 3. The van der Waals surface area contributed by atoms with Gasteiger partial charge >= 0.3 is 47.8 Å². The predicted molar refractivity (Wildman–Crippen MR) is 324 cm³/mol. The third-order valence-electron chi connectivity index (χ3n) is 12.2. The summed E-state index contributed by atoms with van der Waals surface area (Å²) in [5, 5.41) is 23.1. The summed E-state index contributed by atoms with van der Waals surface area (Å²) in [4.78, 5) is 104. The predicted octanol–water partition coefficient (Wildman–Crippen LogP) is 11.9. The summed E-state index contributed by atoms with van der Waals surface area (Å²) >= 11 is 0. The summed E-state index contributed by atoms with van der Waals surface area (Å²) < 4.78 is 130. The van der Waals surface area contributed by atoms with Crippen molar-refractivity contribution in [1.82, 2.24) is 19.9 Å². The van der Waals surface area contributed by atoms with Crippen molar-refractivity contribution in [2.24, 2.45) is 0 Å². The van der Waals surface area contributed by atoms with Crippen LogP contribution in [0.5, 0.6) is 51.7 Å². The van der Waals surface area contributed by atoms with Crippen molar-refractivity contribution < 1.29 is 122 Å². The van der Waals surface area contributed by atoms with Crippen molar-refractivity contribution in [2.75, 3.05) is 35.4 Å². The second kappa shape index (κ2) is 33.1. The van der Waals surface area contributed by atoms with E-state index in [0.29, 0.717) is 45.9 Å². The fourth-order valence-corrected chi connectivity index (χ4v) is 8.53. The zero-order valence-corrected chi connectivity index (χ0v) is 52.3. The molecule has 0 radical (unpaired) electrons. The average Bonchev–Trinajstić information content (AvgIpc) is 0.786. The highest BCUT2D eigenvalue weighted by atomic mass is 19.2. The van der Waals surface area contributed by atoms with Gasteiger partial charge in [-0.1, -0.05) is 0 Å². The minimum absolute atomic E-state index is 0.0351. The van der Waals surface area contributed by atoms with Gasteiger partial charge < -0.3 is 62.5 Å². The molecule has 9 aromatic rings. The summed E-state index contributed by atoms with van der Waals surface area (Å²) in [5.41, 5.74) is 0.0244. The number of halogens is 6. The van der Waals surface area contributed by atoms with Gasteiger partial charge in [0.1, 0.15) is 82.6 Å². The topological polar surface area (TPSA) is 311 Å². The van der Waals surface area contributed by atoms with Crippen LogP contribution in [0.25, 0.3) is 32.3 Å². The normalized spacial score (nSPS) is 10.5. The number of aromatic hydroxyl groups is 2. The Morgan fingerprint density at radius 3 is 1.01 bits per heavy atom. The van der Waals surface area contributed by atoms with Gasteiger partial charge in [-0.3, -0.25) is 24.0 Å². The van der Waals surface area contributed by atoms with Crippen LogP contribution in [0.3, 0.4) is 0 Å². The number of benzene rings is 6. The molecule has 96 heavy (non-hydrogen) atoms. The monoisotopic (exact) mass is 1340 g/mol. The Morgan fingerprint density at radius 2 is 0.698 bits per heavy atom. The first-order valence-electron chi connectivity index (χ1n) is 27.6. The maximum atomic E-state index is 13.5. The molecule has 0 saturated heterocycles. The molecule has 24 nitrogen and oxygen atoms in total. The number of nitrogens with zero attached hydrogens (tertiary/aromatic N) is 4. The van der Waals surface area contributed by atoms with Gasteiger partial charge in [0.25, 0.3) is 0 Å². The molecule has 0 atom stereocenters. The second-order valence-electron chi connectivity index (χ2n) is 19.9. The lowest BCUT2D eigenvalue weighted by Crippen LogP contribution is -2.15. The van der Waals surface area contributed by atoms with Gasteiger partial charge in [-0.15, -0.1) is 0 Å². The number of ether oxygens (including phenoxy) is 10. The van der Waals surface area contributed by atoms with E-state index in [-0.39, 0.29) is 98.5 Å². The molecular weight excluding hydrogens is 1280 g/mol. The molecule has 2 N–H and O–H groups in total. The van der Waals surface area contributed by atoms with E-state index in [0.717, 1.165) is 63.6 Å². The smallest absolute Gasteiger partial charge is 0.360 e. The lowest BCUT2D eigenvalue weighted by molar-refractivity contribution is -0.156. The number of carbonyl (C=O) groups excluding carboxylic acids is 8. The van der Waals surface area contributed by atoms with E-state index in [4.69, 9.17) is 33.2 Å². The number of pyridine rings is 3. The Hall–Kier alpha value is -12.0. The maximum absolute atomic E-state index is 13.5. The summed E-state index contributed by atoms with van der Waals surface area (Å²) in [7, 11) is 7.12. The van der Waals surface area contributed by atoms with Crippen molar-refractivity contribution in [3.8, 4) is 51.7 Å². The van der Waals surface area contributed by atoms with E-state index in [1.54, 1.807) is 12.1 Å². The number of hydrogen-bond acceptors (Lipinski definition) is 24. The third kappa shape index (κ3) is 20.3. The van der Waals surface area contributed by atoms with Crippen LogP contribution in [0.2, 0.25) is 0 Å². The Balaban J connectivity index is 0.000000217. The summed E-state index contributed by atoms with van der Waals surface area (Å²) in [5.74, 6) is -11.2. The number of fused-ring (bicyclic) bond motifs is 3. The van der Waals surface area contributed by atoms with Crippen molar-refractivity contribution >= 4 is 80.1 Å². The first-order valence-corrected chi connectivity index (χ1v) is 27.6. The number of aromatic nitrogens is 3. The van der Waals surface area contributed by atoms with E-state index in [2.05, 4.69) is 29.2 Å². The van der Waals surface area contributed by atoms with Crippen LogP contribution in [0.1, 0.15) is 83.2 Å². The van der Waals surface area contributed by atoms with Gasteiger partial charge in [0, 0.05) is 128 Å². The SMILES string of the molecule is CC(=O)OC(C)=O.COC(=O)c1nc(CN(C)C)c2ccc(Oc3cc(F)cc(F)c3)cc2c1O.COC(=O)c1nc(COC(C)=O)c2ccc(Oc3cc(F)cc(F)c3)cc2c1O.COC(=O)c1nc(COC(C)=O)c2ccc(Oc3cc(F)cc(F)c3)cc2c1OC(C)=O. The molecule has 30 heteroatoms. The molecule has 0 saturated carbocycles. The van der Waals surface area contributed by atoms with Crippen LogP contribution < -0.4 is 18.9 Å². The molecule has 0 fully saturated rings. The zero-order chi connectivity index (χ0) is 70.8. The molecule has 6 aromatic carbocycles. The molecule has 3 heterocycles. The first kappa shape index (κ1) is 73.1. The largest absolute Gasteiger partial charge is 0.505 e. The van der Waals surface area contributed by atoms with Crippen molar-refractivity contribution in [2.45, 2.75) is 54.4 Å². The van der Waals surface area contributed by atoms with Gasteiger partial charge in [-0.05, 0) is 68.7 Å². The minimum Gasteiger partial charge on any atom is -0.505 e. The lowest BCUT2D eigenvalue weighted by Gasteiger charge is -2.15. The molecule has 0 spiro atoms. The zero-order valence-electron chi connectivity index (χ0n) is 52.3. The molecule has 9 rings (SSSR count). The van der Waals surface area contributed by atoms with E-state index < -0.39 is 88.4 Å². The molecule has 502 valence electrons. The van der Waals surface area contributed by atoms with Crippen LogP contribution in [0.15, 0.2) is 109 Å². The summed E-state index contributed by atoms with van der Waals surface area (Å²) in [6.45, 7) is 5.82. The van der Waals surface area contributed by atoms with Crippen LogP contribution in [-0.2, 0) is 72.2 Å². The highest BCUT2D eigenvalue weighted by Gasteiger charge is 2.26. The van der Waals surface area contributed by atoms with Crippen molar-refractivity contribution in [1.29, 1.82) is 0 Å². The maximum Gasteiger partial charge on any atom is 0.360 e. The summed E-state index contributed by atoms with van der Waals surface area (Å²) in [6.07, 6.45) is 0. The quantitative estimate of drug-likeness (QED) is 0.0393. The summed E-state index contributed by atoms with van der Waals surface area (Å²) in [6, 6.07) is 21.6. The molecule has 0 amide bonds. The number of esters is 8. The molecule has 3 aromatic heterocycles. The van der Waals surface area contributed by atoms with Gasteiger partial charge in [0.15, 0.2) is 34.3 Å². The molecular formula is C66H56F6N4O20. The van der Waals surface area contributed by atoms with Crippen molar-refractivity contribution in [3.05, 3.63) is 178 Å². The Bertz CT molecular complexity index is 4420. The van der Waals surface area contributed by atoms with E-state index in [9.17, 15) is 74.9 Å². The fourth-order valence-electron chi connectivity index (χ4n) is 8.53. The molecule has 0 aliphatic rings. The average molecular weight is 1340 g/mol. The highest BCUT2D eigenvalue weighted by molar-refractivity contribution is 6.03. The molecule has 0 aliphatic heterocycles. The van der Waals surface area contributed by atoms with Crippen LogP contribution >= 0.6 is 0 Å². The Morgan fingerprint density at radius 1 is 0.385 bits per heavy atom. The molecule has 0 bridgehead atoms. The lowest BCUT2D eigenvalue weighted by atomic mass is 10.1. The van der Waals surface area contributed by atoms with Crippen LogP contribution in [-0.4, -0.2) is 113 Å². The first-order chi connectivity index (χ1) is 45.4. The van der Waals surface area contributed by atoms with Gasteiger partial charge in [-0.25, -0.2) is 55.7 Å². The molecule has 0 aliphatic carbocycles. The van der Waals surface area contributed by atoms with Crippen LogP contribution in [0.4, 0.5) is 26.3 Å². The third-order valence-corrected chi connectivity index (χ3v) is 12.2. The number of carbonyl (C=O) groups is 8.